The van der Waals surface area contributed by atoms with Crippen molar-refractivity contribution in [2.75, 3.05) is 6.61 Å². The van der Waals surface area contributed by atoms with Crippen molar-refractivity contribution in [1.82, 2.24) is 14.9 Å². The zero-order valence-corrected chi connectivity index (χ0v) is 17.3. The molecule has 2 aromatic rings. The van der Waals surface area contributed by atoms with Gasteiger partial charge in [-0.2, -0.15) is 0 Å². The molecule has 2 fully saturated rings. The van der Waals surface area contributed by atoms with Gasteiger partial charge in [0.2, 0.25) is 0 Å². The van der Waals surface area contributed by atoms with Crippen molar-refractivity contribution in [3.63, 3.8) is 0 Å². The lowest BCUT2D eigenvalue weighted by atomic mass is 9.86. The van der Waals surface area contributed by atoms with Gasteiger partial charge in [-0.05, 0) is 85.6 Å². The summed E-state index contributed by atoms with van der Waals surface area (Å²) in [6.45, 7) is 4.36. The Bertz CT molecular complexity index is 840. The fourth-order valence-electron chi connectivity index (χ4n) is 4.54. The number of halogens is 1. The van der Waals surface area contributed by atoms with Gasteiger partial charge < -0.3 is 9.64 Å². The lowest BCUT2D eigenvalue weighted by Gasteiger charge is -2.25. The molecule has 0 saturated carbocycles. The Balaban J connectivity index is 1.55. The van der Waals surface area contributed by atoms with Gasteiger partial charge in [-0.3, -0.25) is 9.78 Å². The molecule has 0 aromatic carbocycles. The number of hydrogen-bond acceptors (Lipinski definition) is 4. The van der Waals surface area contributed by atoms with Crippen molar-refractivity contribution in [2.24, 2.45) is 5.92 Å². The molecule has 4 heterocycles. The topological polar surface area (TPSA) is 55.3 Å². The highest BCUT2D eigenvalue weighted by Crippen LogP contribution is 2.44. The average molecular weight is 430 g/mol. The van der Waals surface area contributed by atoms with E-state index < -0.39 is 0 Å². The van der Waals surface area contributed by atoms with E-state index in [0.717, 1.165) is 41.5 Å². The molecule has 3 unspecified atom stereocenters. The van der Waals surface area contributed by atoms with Crippen molar-refractivity contribution >= 4 is 21.8 Å². The lowest BCUT2D eigenvalue weighted by Crippen LogP contribution is -2.37. The van der Waals surface area contributed by atoms with Gasteiger partial charge in [0.15, 0.2) is 11.4 Å². The highest BCUT2D eigenvalue weighted by Gasteiger charge is 2.49. The first-order valence-electron chi connectivity index (χ1n) is 9.60. The standard InChI is InChI=1S/C21H24BrN3O2/c1-3-27-19-9-4-13(2)24-20(19)21(26)25-17-7-8-18(25)14(11-17)10-16-6-5-15(22)12-23-16/h4-6,9,12,14,17-18H,3,7-8,10-11H2,1-2H3. The quantitative estimate of drug-likeness (QED) is 0.714. The molecule has 27 heavy (non-hydrogen) atoms. The van der Waals surface area contributed by atoms with Crippen LogP contribution in [-0.4, -0.2) is 39.5 Å². The van der Waals surface area contributed by atoms with Crippen LogP contribution in [0.1, 0.15) is 48.1 Å². The van der Waals surface area contributed by atoms with Gasteiger partial charge in [0.1, 0.15) is 0 Å². The third-order valence-corrected chi connectivity index (χ3v) is 6.13. The van der Waals surface area contributed by atoms with E-state index in [1.54, 1.807) is 0 Å². The third-order valence-electron chi connectivity index (χ3n) is 5.66. The molecule has 0 N–H and O–H groups in total. The lowest BCUT2D eigenvalue weighted by molar-refractivity contribution is 0.0708. The molecule has 2 aliphatic rings. The maximum Gasteiger partial charge on any atom is 0.276 e. The van der Waals surface area contributed by atoms with Crippen molar-refractivity contribution in [3.8, 4) is 5.75 Å². The molecule has 1 amide bonds. The molecule has 142 valence electrons. The minimum absolute atomic E-state index is 0.0147. The van der Waals surface area contributed by atoms with E-state index in [0.29, 0.717) is 30.0 Å². The van der Waals surface area contributed by atoms with E-state index >= 15 is 0 Å². The summed E-state index contributed by atoms with van der Waals surface area (Å²) in [4.78, 5) is 24.5. The highest BCUT2D eigenvalue weighted by molar-refractivity contribution is 9.10. The average Bonchev–Trinajstić information content (AvgIpc) is 3.22. The molecule has 2 bridgehead atoms. The van der Waals surface area contributed by atoms with E-state index in [-0.39, 0.29) is 11.9 Å². The number of rotatable bonds is 5. The minimum atomic E-state index is 0.0147. The van der Waals surface area contributed by atoms with Gasteiger partial charge in [-0.1, -0.05) is 0 Å². The van der Waals surface area contributed by atoms with E-state index in [1.807, 2.05) is 38.2 Å². The smallest absolute Gasteiger partial charge is 0.276 e. The first-order chi connectivity index (χ1) is 13.1. The van der Waals surface area contributed by atoms with Crippen molar-refractivity contribution < 1.29 is 9.53 Å². The summed E-state index contributed by atoms with van der Waals surface area (Å²) >= 11 is 3.44. The normalized spacial score (nSPS) is 23.7. The molecular weight excluding hydrogens is 406 g/mol. The number of carbonyl (C=O) groups excluding carboxylic acids is 1. The number of carbonyl (C=O) groups is 1. The van der Waals surface area contributed by atoms with Crippen LogP contribution in [0.4, 0.5) is 0 Å². The number of nitrogens with zero attached hydrogens (tertiary/aromatic N) is 3. The number of amides is 1. The molecule has 0 spiro atoms. The van der Waals surface area contributed by atoms with Gasteiger partial charge >= 0.3 is 0 Å². The molecule has 2 aromatic heterocycles. The Morgan fingerprint density at radius 1 is 1.30 bits per heavy atom. The van der Waals surface area contributed by atoms with Gasteiger partial charge in [0.25, 0.3) is 5.91 Å². The molecule has 2 saturated heterocycles. The van der Waals surface area contributed by atoms with E-state index in [9.17, 15) is 4.79 Å². The van der Waals surface area contributed by atoms with Crippen molar-refractivity contribution in [2.45, 2.75) is 51.6 Å². The number of fused-ring (bicyclic) bond motifs is 2. The van der Waals surface area contributed by atoms with Crippen LogP contribution in [0.2, 0.25) is 0 Å². The second-order valence-corrected chi connectivity index (χ2v) is 8.33. The summed E-state index contributed by atoms with van der Waals surface area (Å²) in [6, 6.07) is 8.42. The van der Waals surface area contributed by atoms with Gasteiger partial charge in [0, 0.05) is 34.1 Å². The van der Waals surface area contributed by atoms with Gasteiger partial charge in [0.05, 0.1) is 6.61 Å². The van der Waals surface area contributed by atoms with Crippen LogP contribution in [0.3, 0.4) is 0 Å². The summed E-state index contributed by atoms with van der Waals surface area (Å²) in [5.74, 6) is 1.06. The number of ether oxygens (including phenoxy) is 1. The van der Waals surface area contributed by atoms with Crippen LogP contribution in [-0.2, 0) is 6.42 Å². The third kappa shape index (κ3) is 3.59. The first kappa shape index (κ1) is 18.4. The summed E-state index contributed by atoms with van der Waals surface area (Å²) in [6.07, 6.45) is 5.95. The Morgan fingerprint density at radius 2 is 2.15 bits per heavy atom. The first-order valence-corrected chi connectivity index (χ1v) is 10.4. The Labute approximate surface area is 168 Å². The zero-order valence-electron chi connectivity index (χ0n) is 15.7. The fourth-order valence-corrected chi connectivity index (χ4v) is 4.77. The van der Waals surface area contributed by atoms with Crippen molar-refractivity contribution in [1.29, 1.82) is 0 Å². The minimum Gasteiger partial charge on any atom is -0.491 e. The van der Waals surface area contributed by atoms with Crippen LogP contribution in [0.25, 0.3) is 0 Å². The molecule has 2 aliphatic heterocycles. The Hall–Kier alpha value is -1.95. The monoisotopic (exact) mass is 429 g/mol. The van der Waals surface area contributed by atoms with Crippen LogP contribution in [0, 0.1) is 12.8 Å². The summed E-state index contributed by atoms with van der Waals surface area (Å²) in [5, 5.41) is 0. The molecule has 0 radical (unpaired) electrons. The SMILES string of the molecule is CCOc1ccc(C)nc1C(=O)N1C2CCC1C(Cc1ccc(Br)cn1)C2. The maximum absolute atomic E-state index is 13.4. The van der Waals surface area contributed by atoms with Gasteiger partial charge in [-0.25, -0.2) is 4.98 Å². The molecule has 4 rings (SSSR count). The predicted octanol–water partition coefficient (Wildman–Crippen LogP) is 4.18. The predicted molar refractivity (Wildman–Crippen MR) is 107 cm³/mol. The maximum atomic E-state index is 13.4. The van der Waals surface area contributed by atoms with Crippen LogP contribution in [0.5, 0.6) is 5.75 Å². The van der Waals surface area contributed by atoms with Crippen LogP contribution < -0.4 is 4.74 Å². The van der Waals surface area contributed by atoms with Gasteiger partial charge in [-0.15, -0.1) is 0 Å². The van der Waals surface area contributed by atoms with Crippen LogP contribution in [0.15, 0.2) is 34.9 Å². The summed E-state index contributed by atoms with van der Waals surface area (Å²) in [5.41, 5.74) is 2.38. The molecular formula is C21H24BrN3O2. The number of aryl methyl sites for hydroxylation is 1. The fraction of sp³-hybridized carbons (Fsp3) is 0.476. The second-order valence-electron chi connectivity index (χ2n) is 7.41. The molecule has 0 aliphatic carbocycles. The summed E-state index contributed by atoms with van der Waals surface area (Å²) in [7, 11) is 0. The molecule has 5 nitrogen and oxygen atoms in total. The molecule has 6 heteroatoms. The molecule has 3 atom stereocenters. The second kappa shape index (κ2) is 7.58. The Kier molecular flexibility index (Phi) is 5.17. The Morgan fingerprint density at radius 3 is 2.89 bits per heavy atom. The number of aromatic nitrogens is 2. The van der Waals surface area contributed by atoms with E-state index in [2.05, 4.69) is 36.9 Å². The van der Waals surface area contributed by atoms with E-state index in [1.165, 1.54) is 0 Å². The largest absolute Gasteiger partial charge is 0.491 e. The van der Waals surface area contributed by atoms with Crippen molar-refractivity contribution in [3.05, 3.63) is 52.0 Å². The number of pyridine rings is 2. The summed E-state index contributed by atoms with van der Waals surface area (Å²) < 4.78 is 6.66. The van der Waals surface area contributed by atoms with Crippen LogP contribution >= 0.6 is 15.9 Å². The number of hydrogen-bond donors (Lipinski definition) is 0. The zero-order chi connectivity index (χ0) is 19.0. The highest BCUT2D eigenvalue weighted by atomic mass is 79.9. The van der Waals surface area contributed by atoms with E-state index in [4.69, 9.17) is 4.74 Å².